The number of benzene rings is 1. The van der Waals surface area contributed by atoms with E-state index in [1.165, 1.54) is 13.1 Å². The van der Waals surface area contributed by atoms with Gasteiger partial charge in [-0.1, -0.05) is 6.07 Å². The molecular weight excluding hydrogens is 316 g/mol. The second kappa shape index (κ2) is 6.14. The predicted octanol–water partition coefficient (Wildman–Crippen LogP) is 1.36. The summed E-state index contributed by atoms with van der Waals surface area (Å²) in [5.41, 5.74) is -0.505. The Morgan fingerprint density at radius 2 is 1.86 bits per heavy atom. The van der Waals surface area contributed by atoms with Crippen LogP contribution in [-0.2, 0) is 14.8 Å². The summed E-state index contributed by atoms with van der Waals surface area (Å²) in [7, 11) is -4.26. The number of carbonyl (C=O) groups excluding carboxylic acids is 1. The van der Waals surface area contributed by atoms with Crippen molar-refractivity contribution in [1.82, 2.24) is 14.7 Å². The van der Waals surface area contributed by atoms with Gasteiger partial charge in [0, 0.05) is 18.0 Å². The van der Waals surface area contributed by atoms with Crippen molar-refractivity contribution in [3.63, 3.8) is 0 Å². The summed E-state index contributed by atoms with van der Waals surface area (Å²) >= 11 is 0. The van der Waals surface area contributed by atoms with Gasteiger partial charge in [-0.3, -0.25) is 9.78 Å². The molecule has 0 spiro atoms. The van der Waals surface area contributed by atoms with Gasteiger partial charge in [0.2, 0.25) is 5.91 Å². The zero-order valence-electron chi connectivity index (χ0n) is 11.3. The van der Waals surface area contributed by atoms with E-state index >= 15 is 0 Å². The van der Waals surface area contributed by atoms with Crippen LogP contribution in [0.1, 0.15) is 18.4 Å². The Hall–Kier alpha value is -2.42. The normalized spacial score (nSPS) is 12.7. The Balaban J connectivity index is 2.26. The van der Waals surface area contributed by atoms with Gasteiger partial charge in [0.05, 0.1) is 12.1 Å². The van der Waals surface area contributed by atoms with Crippen molar-refractivity contribution >= 4 is 15.9 Å². The molecule has 0 bridgehead atoms. The standard InChI is InChI=1S/C13H11F2N3O3S/c1-8(12-9(14)3-2-4-10(12)15)13(19)18-22(20,21)11-7-16-5-6-17-11/h2-8H,1H3,(H,18,19)/t8-/m1/s1. The van der Waals surface area contributed by atoms with Crippen LogP contribution in [0.4, 0.5) is 8.78 Å². The zero-order chi connectivity index (χ0) is 16.3. The van der Waals surface area contributed by atoms with E-state index in [1.54, 1.807) is 4.72 Å². The number of hydrogen-bond acceptors (Lipinski definition) is 5. The molecule has 6 nitrogen and oxygen atoms in total. The van der Waals surface area contributed by atoms with E-state index in [0.29, 0.717) is 0 Å². The minimum atomic E-state index is -4.26. The SMILES string of the molecule is C[C@@H](C(=O)NS(=O)(=O)c1cnccn1)c1c(F)cccc1F. The largest absolute Gasteiger partial charge is 0.283 e. The molecule has 0 radical (unpaired) electrons. The molecule has 116 valence electrons. The topological polar surface area (TPSA) is 89.0 Å². The van der Waals surface area contributed by atoms with E-state index in [0.717, 1.165) is 30.6 Å². The van der Waals surface area contributed by atoms with Crippen LogP contribution in [0.5, 0.6) is 0 Å². The third kappa shape index (κ3) is 3.25. The number of rotatable bonds is 4. The third-order valence-corrected chi connectivity index (χ3v) is 4.11. The van der Waals surface area contributed by atoms with Crippen molar-refractivity contribution in [2.45, 2.75) is 17.9 Å². The lowest BCUT2D eigenvalue weighted by atomic mass is 9.99. The van der Waals surface area contributed by atoms with Crippen LogP contribution in [0.3, 0.4) is 0 Å². The fraction of sp³-hybridized carbons (Fsp3) is 0.154. The molecule has 0 saturated heterocycles. The summed E-state index contributed by atoms with van der Waals surface area (Å²) in [5.74, 6) is -4.28. The van der Waals surface area contributed by atoms with Gasteiger partial charge < -0.3 is 0 Å². The molecule has 0 aliphatic rings. The third-order valence-electron chi connectivity index (χ3n) is 2.88. The second-order valence-electron chi connectivity index (χ2n) is 4.37. The predicted molar refractivity (Wildman–Crippen MR) is 72.1 cm³/mol. The number of sulfonamides is 1. The van der Waals surface area contributed by atoms with Gasteiger partial charge >= 0.3 is 0 Å². The molecule has 1 atom stereocenters. The molecule has 0 aliphatic carbocycles. The highest BCUT2D eigenvalue weighted by Gasteiger charge is 2.27. The first-order valence-electron chi connectivity index (χ1n) is 6.09. The van der Waals surface area contributed by atoms with E-state index in [9.17, 15) is 22.0 Å². The maximum absolute atomic E-state index is 13.6. The molecule has 0 aliphatic heterocycles. The molecule has 1 N–H and O–H groups in total. The first kappa shape index (κ1) is 16.0. The van der Waals surface area contributed by atoms with Crippen molar-refractivity contribution < 1.29 is 22.0 Å². The molecule has 1 aromatic carbocycles. The number of carbonyl (C=O) groups is 1. The molecule has 22 heavy (non-hydrogen) atoms. The Bertz CT molecular complexity index is 777. The van der Waals surface area contributed by atoms with Crippen molar-refractivity contribution in [2.24, 2.45) is 0 Å². The quantitative estimate of drug-likeness (QED) is 0.916. The number of nitrogens with one attached hydrogen (secondary N) is 1. The van der Waals surface area contributed by atoms with E-state index in [2.05, 4.69) is 9.97 Å². The molecule has 1 heterocycles. The molecule has 1 aromatic heterocycles. The molecule has 2 rings (SSSR count). The highest BCUT2D eigenvalue weighted by Crippen LogP contribution is 2.22. The minimum absolute atomic E-state index is 0.468. The molecular formula is C13H11F2N3O3S. The summed E-state index contributed by atoms with van der Waals surface area (Å²) in [6, 6.07) is 3.12. The van der Waals surface area contributed by atoms with E-state index in [1.807, 2.05) is 0 Å². The number of amides is 1. The van der Waals surface area contributed by atoms with Crippen molar-refractivity contribution in [1.29, 1.82) is 0 Å². The smallest absolute Gasteiger partial charge is 0.273 e. The van der Waals surface area contributed by atoms with Gasteiger partial charge in [-0.15, -0.1) is 0 Å². The fourth-order valence-electron chi connectivity index (χ4n) is 1.75. The number of halogens is 2. The van der Waals surface area contributed by atoms with Gasteiger partial charge in [-0.25, -0.2) is 18.5 Å². The molecule has 9 heteroatoms. The van der Waals surface area contributed by atoms with E-state index in [-0.39, 0.29) is 0 Å². The van der Waals surface area contributed by atoms with Crippen LogP contribution in [0.15, 0.2) is 41.8 Å². The van der Waals surface area contributed by atoms with Crippen molar-refractivity contribution in [3.05, 3.63) is 54.0 Å². The molecule has 0 saturated carbocycles. The van der Waals surface area contributed by atoms with E-state index < -0.39 is 44.1 Å². The van der Waals surface area contributed by atoms with Crippen LogP contribution in [-0.4, -0.2) is 24.3 Å². The number of nitrogens with zero attached hydrogens (tertiary/aromatic N) is 2. The summed E-state index contributed by atoms with van der Waals surface area (Å²) in [4.78, 5) is 19.1. The van der Waals surface area contributed by atoms with Gasteiger partial charge in [0.25, 0.3) is 10.0 Å². The summed E-state index contributed by atoms with van der Waals surface area (Å²) in [6.45, 7) is 1.20. The number of aromatic nitrogens is 2. The second-order valence-corrected chi connectivity index (χ2v) is 6.00. The monoisotopic (exact) mass is 327 g/mol. The van der Waals surface area contributed by atoms with Crippen molar-refractivity contribution in [3.8, 4) is 0 Å². The Kier molecular flexibility index (Phi) is 4.45. The van der Waals surface area contributed by atoms with E-state index in [4.69, 9.17) is 0 Å². The Morgan fingerprint density at radius 1 is 1.23 bits per heavy atom. The maximum atomic E-state index is 13.6. The summed E-state index contributed by atoms with van der Waals surface area (Å²) in [6.07, 6.45) is 3.35. The average Bonchev–Trinajstić information content (AvgIpc) is 2.47. The lowest BCUT2D eigenvalue weighted by Crippen LogP contribution is -2.34. The molecule has 1 amide bonds. The van der Waals surface area contributed by atoms with Gasteiger partial charge in [-0.05, 0) is 19.1 Å². The maximum Gasteiger partial charge on any atom is 0.283 e. The lowest BCUT2D eigenvalue weighted by Gasteiger charge is -2.14. The van der Waals surface area contributed by atoms with Crippen LogP contribution < -0.4 is 4.72 Å². The van der Waals surface area contributed by atoms with Crippen LogP contribution in [0.25, 0.3) is 0 Å². The molecule has 2 aromatic rings. The summed E-state index contributed by atoms with van der Waals surface area (Å²) < 4.78 is 52.8. The summed E-state index contributed by atoms with van der Waals surface area (Å²) in [5, 5.41) is -0.468. The zero-order valence-corrected chi connectivity index (χ0v) is 12.1. The Labute approximate surface area is 125 Å². The first-order valence-corrected chi connectivity index (χ1v) is 7.58. The lowest BCUT2D eigenvalue weighted by molar-refractivity contribution is -0.120. The molecule has 0 unspecified atom stereocenters. The van der Waals surface area contributed by atoms with Crippen LogP contribution >= 0.6 is 0 Å². The van der Waals surface area contributed by atoms with Gasteiger partial charge in [0.1, 0.15) is 11.6 Å². The van der Waals surface area contributed by atoms with Crippen molar-refractivity contribution in [2.75, 3.05) is 0 Å². The number of hydrogen-bond donors (Lipinski definition) is 1. The van der Waals surface area contributed by atoms with Crippen LogP contribution in [0.2, 0.25) is 0 Å². The Morgan fingerprint density at radius 3 is 2.41 bits per heavy atom. The average molecular weight is 327 g/mol. The highest BCUT2D eigenvalue weighted by atomic mass is 32.2. The first-order chi connectivity index (χ1) is 10.3. The van der Waals surface area contributed by atoms with Gasteiger partial charge in [0.15, 0.2) is 5.03 Å². The van der Waals surface area contributed by atoms with Gasteiger partial charge in [-0.2, -0.15) is 8.42 Å². The minimum Gasteiger partial charge on any atom is -0.273 e. The highest BCUT2D eigenvalue weighted by molar-refractivity contribution is 7.90. The fourth-order valence-corrected chi connectivity index (χ4v) is 2.70. The van der Waals surface area contributed by atoms with Crippen LogP contribution in [0, 0.1) is 11.6 Å². The molecule has 0 fully saturated rings.